The van der Waals surface area contributed by atoms with E-state index in [1.54, 1.807) is 0 Å². The molecule has 4 N–H and O–H groups in total. The van der Waals surface area contributed by atoms with E-state index in [0.29, 0.717) is 31.7 Å². The molecule has 0 aromatic heterocycles. The van der Waals surface area contributed by atoms with Gasteiger partial charge in [0.05, 0.1) is 17.2 Å². The van der Waals surface area contributed by atoms with Crippen molar-refractivity contribution in [2.75, 3.05) is 5.32 Å². The van der Waals surface area contributed by atoms with Gasteiger partial charge in [0.25, 0.3) is 5.91 Å². The van der Waals surface area contributed by atoms with E-state index in [1.165, 1.54) is 12.1 Å². The van der Waals surface area contributed by atoms with E-state index in [1.807, 2.05) is 0 Å². The molecule has 35 heavy (non-hydrogen) atoms. The van der Waals surface area contributed by atoms with Gasteiger partial charge in [-0.05, 0) is 56.0 Å². The maximum Gasteiger partial charge on any atom is 0.573 e. The third-order valence-corrected chi connectivity index (χ3v) is 5.20. The van der Waals surface area contributed by atoms with Gasteiger partial charge in [0.15, 0.2) is 0 Å². The lowest BCUT2D eigenvalue weighted by Gasteiger charge is -2.30. The van der Waals surface area contributed by atoms with Gasteiger partial charge in [-0.25, -0.2) is 4.79 Å². The molecule has 3 amide bonds. The van der Waals surface area contributed by atoms with Crippen LogP contribution in [-0.4, -0.2) is 30.4 Å². The molecule has 0 bridgehead atoms. The summed E-state index contributed by atoms with van der Waals surface area (Å²) < 4.78 is 85.3. The summed E-state index contributed by atoms with van der Waals surface area (Å²) in [5, 5.41) is 5.14. The Labute approximate surface area is 195 Å². The van der Waals surface area contributed by atoms with Crippen molar-refractivity contribution in [3.8, 4) is 11.5 Å². The first kappa shape index (κ1) is 26.0. The van der Waals surface area contributed by atoms with Crippen LogP contribution >= 0.6 is 0 Å². The molecule has 2 aromatic rings. The van der Waals surface area contributed by atoms with Crippen LogP contribution in [0.5, 0.6) is 11.5 Å². The highest BCUT2D eigenvalue weighted by atomic mass is 19.4. The number of hydrogen-bond acceptors (Lipinski definition) is 4. The molecule has 1 aliphatic carbocycles. The van der Waals surface area contributed by atoms with Crippen LogP contribution in [0.1, 0.15) is 41.6 Å². The summed E-state index contributed by atoms with van der Waals surface area (Å²) in [7, 11) is 0. The van der Waals surface area contributed by atoms with Crippen LogP contribution in [0.4, 0.5) is 36.8 Å². The number of amides is 3. The van der Waals surface area contributed by atoms with E-state index < -0.39 is 41.9 Å². The molecule has 0 atom stereocenters. The second-order valence-corrected chi connectivity index (χ2v) is 7.84. The summed E-state index contributed by atoms with van der Waals surface area (Å²) in [6.45, 7) is 0. The molecule has 3 rings (SSSR count). The van der Waals surface area contributed by atoms with E-state index in [-0.39, 0.29) is 23.0 Å². The number of urea groups is 1. The molecule has 1 fully saturated rings. The number of ether oxygens (including phenoxy) is 2. The Bertz CT molecular complexity index is 1070. The van der Waals surface area contributed by atoms with Gasteiger partial charge in [0.1, 0.15) is 11.5 Å². The molecule has 2 aromatic carbocycles. The Morgan fingerprint density at radius 3 is 2.23 bits per heavy atom. The molecule has 1 saturated carbocycles. The number of nitrogens with one attached hydrogen (secondary N) is 2. The summed E-state index contributed by atoms with van der Waals surface area (Å²) >= 11 is 0. The lowest BCUT2D eigenvalue weighted by Crippen LogP contribution is -2.41. The Kier molecular flexibility index (Phi) is 7.66. The summed E-state index contributed by atoms with van der Waals surface area (Å²) in [4.78, 5) is 23.8. The fourth-order valence-corrected chi connectivity index (χ4v) is 3.63. The number of hydrogen-bond donors (Lipinski definition) is 3. The minimum atomic E-state index is -4.86. The van der Waals surface area contributed by atoms with Crippen LogP contribution in [0.25, 0.3) is 0 Å². The van der Waals surface area contributed by atoms with Gasteiger partial charge in [0, 0.05) is 17.8 Å². The minimum Gasteiger partial charge on any atom is -0.490 e. The molecule has 13 heteroatoms. The minimum absolute atomic E-state index is 0.0550. The molecule has 0 unspecified atom stereocenters. The van der Waals surface area contributed by atoms with Crippen LogP contribution in [0, 0.1) is 0 Å². The quantitative estimate of drug-likeness (QED) is 0.469. The number of alkyl halides is 6. The van der Waals surface area contributed by atoms with Crippen molar-refractivity contribution in [1.29, 1.82) is 0 Å². The second kappa shape index (κ2) is 10.3. The smallest absolute Gasteiger partial charge is 0.490 e. The molecule has 0 aliphatic heterocycles. The third-order valence-electron chi connectivity index (χ3n) is 5.20. The highest BCUT2D eigenvalue weighted by molar-refractivity contribution is 5.96. The molecule has 0 spiro atoms. The molecule has 0 heterocycles. The average molecular weight is 505 g/mol. The van der Waals surface area contributed by atoms with Gasteiger partial charge in [-0.15, -0.1) is 13.2 Å². The number of halogens is 6. The molecule has 0 radical (unpaired) electrons. The number of anilines is 1. The monoisotopic (exact) mass is 505 g/mol. The highest BCUT2D eigenvalue weighted by Gasteiger charge is 2.33. The van der Waals surface area contributed by atoms with Gasteiger partial charge in [-0.1, -0.05) is 6.07 Å². The summed E-state index contributed by atoms with van der Waals surface area (Å²) in [5.74, 6) is -1.59. The Morgan fingerprint density at radius 2 is 1.63 bits per heavy atom. The number of primary amides is 1. The van der Waals surface area contributed by atoms with Crippen molar-refractivity contribution < 1.29 is 45.4 Å². The second-order valence-electron chi connectivity index (χ2n) is 7.84. The van der Waals surface area contributed by atoms with E-state index in [4.69, 9.17) is 10.5 Å². The van der Waals surface area contributed by atoms with Crippen molar-refractivity contribution in [3.63, 3.8) is 0 Å². The zero-order valence-corrected chi connectivity index (χ0v) is 18.0. The van der Waals surface area contributed by atoms with Crippen molar-refractivity contribution in [2.45, 2.75) is 50.4 Å². The van der Waals surface area contributed by atoms with Crippen LogP contribution < -0.4 is 25.8 Å². The first-order valence-corrected chi connectivity index (χ1v) is 10.4. The summed E-state index contributed by atoms with van der Waals surface area (Å²) in [5.41, 5.74) is 3.91. The van der Waals surface area contributed by atoms with Crippen LogP contribution in [0.3, 0.4) is 0 Å². The Morgan fingerprint density at radius 1 is 0.943 bits per heavy atom. The first-order valence-electron chi connectivity index (χ1n) is 10.4. The van der Waals surface area contributed by atoms with Crippen LogP contribution in [0.2, 0.25) is 0 Å². The normalized spacial score (nSPS) is 18.5. The number of carbonyl (C=O) groups excluding carboxylic acids is 2. The fourth-order valence-electron chi connectivity index (χ4n) is 3.63. The predicted octanol–water partition coefficient (Wildman–Crippen LogP) is 5.21. The zero-order chi connectivity index (χ0) is 25.8. The van der Waals surface area contributed by atoms with Crippen molar-refractivity contribution in [2.24, 2.45) is 5.73 Å². The van der Waals surface area contributed by atoms with Gasteiger partial charge >= 0.3 is 18.6 Å². The predicted molar refractivity (Wildman–Crippen MR) is 112 cm³/mol. The van der Waals surface area contributed by atoms with Gasteiger partial charge in [-0.3, -0.25) is 4.79 Å². The SMILES string of the molecule is NC(=O)c1cc(C(F)(F)F)ccc1O[C@H]1CC[C@H](NC(=O)Nc2cccc(OC(F)(F)F)c2)CC1. The Hall–Kier alpha value is -3.64. The van der Waals surface area contributed by atoms with E-state index >= 15 is 0 Å². The molecular formula is C22H21F6N3O4. The van der Waals surface area contributed by atoms with Crippen molar-refractivity contribution in [1.82, 2.24) is 5.32 Å². The third kappa shape index (κ3) is 7.69. The average Bonchev–Trinajstić information content (AvgIpc) is 2.73. The fraction of sp³-hybridized carbons (Fsp3) is 0.364. The summed E-state index contributed by atoms with van der Waals surface area (Å²) in [6, 6.07) is 6.41. The van der Waals surface area contributed by atoms with Gasteiger partial charge in [-0.2, -0.15) is 13.2 Å². The molecule has 1 aliphatic rings. The van der Waals surface area contributed by atoms with Crippen LogP contribution in [0.15, 0.2) is 42.5 Å². The molecule has 0 saturated heterocycles. The largest absolute Gasteiger partial charge is 0.573 e. The number of carbonyl (C=O) groups is 2. The van der Waals surface area contributed by atoms with E-state index in [0.717, 1.165) is 24.3 Å². The van der Waals surface area contributed by atoms with Gasteiger partial charge < -0.3 is 25.8 Å². The van der Waals surface area contributed by atoms with E-state index in [9.17, 15) is 35.9 Å². The Balaban J connectivity index is 1.52. The first-order chi connectivity index (χ1) is 16.3. The maximum absolute atomic E-state index is 12.9. The lowest BCUT2D eigenvalue weighted by atomic mass is 9.93. The summed E-state index contributed by atoms with van der Waals surface area (Å²) in [6.07, 6.45) is -8.14. The zero-order valence-electron chi connectivity index (χ0n) is 18.0. The topological polar surface area (TPSA) is 103 Å². The molecule has 7 nitrogen and oxygen atoms in total. The lowest BCUT2D eigenvalue weighted by molar-refractivity contribution is -0.274. The van der Waals surface area contributed by atoms with Gasteiger partial charge in [0.2, 0.25) is 0 Å². The maximum atomic E-state index is 12.9. The molecular weight excluding hydrogens is 484 g/mol. The molecule has 190 valence electrons. The highest BCUT2D eigenvalue weighted by Crippen LogP contribution is 2.34. The van der Waals surface area contributed by atoms with Crippen LogP contribution in [-0.2, 0) is 6.18 Å². The number of benzene rings is 2. The number of rotatable bonds is 6. The van der Waals surface area contributed by atoms with Crippen molar-refractivity contribution in [3.05, 3.63) is 53.6 Å². The standard InChI is InChI=1S/C22H21F6N3O4/c23-21(24,25)12-4-9-18(17(10-12)19(29)32)34-15-7-5-13(6-8-15)30-20(33)31-14-2-1-3-16(11-14)35-22(26,27)28/h1-4,9-11,13,15H,5-8H2,(H2,29,32)(H2,30,31,33)/t13-,15-. The van der Waals surface area contributed by atoms with E-state index in [2.05, 4.69) is 15.4 Å². The van der Waals surface area contributed by atoms with Crippen molar-refractivity contribution >= 4 is 17.6 Å². The number of nitrogens with two attached hydrogens (primary N) is 1.